The molecule has 2 aliphatic heterocycles. The van der Waals surface area contributed by atoms with Gasteiger partial charge in [0.1, 0.15) is 0 Å². The molecule has 5 rings (SSSR count). The summed E-state index contributed by atoms with van der Waals surface area (Å²) < 4.78 is 15.1. The lowest BCUT2D eigenvalue weighted by atomic mass is 9.64. The second-order valence-electron chi connectivity index (χ2n) is 8.89. The summed E-state index contributed by atoms with van der Waals surface area (Å²) in [5, 5.41) is 7.43. The minimum atomic E-state index is -0.480. The number of fused-ring (bicyclic) bond motifs is 2. The van der Waals surface area contributed by atoms with Crippen LogP contribution < -0.4 is 5.32 Å². The first-order chi connectivity index (χ1) is 14.9. The summed E-state index contributed by atoms with van der Waals surface area (Å²) >= 11 is 0. The molecule has 1 N–H and O–H groups in total. The second-order valence-corrected chi connectivity index (χ2v) is 8.89. The zero-order valence-corrected chi connectivity index (χ0v) is 17.6. The Morgan fingerprint density at radius 3 is 2.84 bits per heavy atom. The van der Waals surface area contributed by atoms with Crippen LogP contribution in [-0.4, -0.2) is 42.3 Å². The molecule has 3 atom stereocenters. The molecular weight excluding hydrogens is 395 g/mol. The first-order valence-electron chi connectivity index (χ1n) is 10.6. The van der Waals surface area contributed by atoms with Gasteiger partial charge >= 0.3 is 6.03 Å². The van der Waals surface area contributed by atoms with Crippen molar-refractivity contribution < 1.29 is 9.18 Å². The van der Waals surface area contributed by atoms with Gasteiger partial charge in [0.2, 0.25) is 0 Å². The highest BCUT2D eigenvalue weighted by atomic mass is 19.1. The Labute approximate surface area is 180 Å². The lowest BCUT2D eigenvalue weighted by Gasteiger charge is -2.63. The molecule has 160 valence electrons. The standard InChI is InChI=1S/C23H25FN6O/c1-15-8-19-11-23(10-15,14-29-7-3-6-27-29)30(19)22(31)28-18-5-4-16(2)20(9-18)21-25-12-17(24)13-26-21/h3-7,9,12-13,15,19H,8,10-11,14H2,1-2H3,(H,28,31)/t15-,19-,23+/m1/s1. The van der Waals surface area contributed by atoms with Gasteiger partial charge in [0, 0.05) is 29.7 Å². The number of carbonyl (C=O) groups excluding carboxylic acids is 1. The third kappa shape index (κ3) is 3.56. The van der Waals surface area contributed by atoms with E-state index in [1.807, 2.05) is 47.0 Å². The van der Waals surface area contributed by atoms with Crippen molar-refractivity contribution in [3.05, 3.63) is 60.4 Å². The molecule has 7 nitrogen and oxygen atoms in total. The Bertz CT molecular complexity index is 1100. The van der Waals surface area contributed by atoms with Crippen LogP contribution in [0.4, 0.5) is 14.9 Å². The normalized spacial score (nSPS) is 24.5. The fourth-order valence-electron chi connectivity index (χ4n) is 5.33. The molecular formula is C23H25FN6O. The van der Waals surface area contributed by atoms with Crippen LogP contribution in [0.3, 0.4) is 0 Å². The van der Waals surface area contributed by atoms with Crippen molar-refractivity contribution in [1.82, 2.24) is 24.6 Å². The molecule has 2 fully saturated rings. The SMILES string of the molecule is Cc1ccc(NC(=O)N2[C@@H]3C[C@@H](C)C[C@@]2(Cn2cccn2)C3)cc1-c1ncc(F)cn1. The maximum atomic E-state index is 13.3. The average Bonchev–Trinajstić information content (AvgIpc) is 3.22. The third-order valence-electron chi connectivity index (χ3n) is 6.48. The largest absolute Gasteiger partial charge is 0.322 e. The average molecular weight is 420 g/mol. The quantitative estimate of drug-likeness (QED) is 0.684. The topological polar surface area (TPSA) is 75.9 Å². The molecule has 2 saturated heterocycles. The van der Waals surface area contributed by atoms with Gasteiger partial charge in [0.25, 0.3) is 0 Å². The maximum absolute atomic E-state index is 13.3. The van der Waals surface area contributed by atoms with E-state index in [4.69, 9.17) is 0 Å². The lowest BCUT2D eigenvalue weighted by Crippen LogP contribution is -2.73. The van der Waals surface area contributed by atoms with E-state index in [0.717, 1.165) is 42.8 Å². The number of urea groups is 1. The third-order valence-corrected chi connectivity index (χ3v) is 6.48. The minimum absolute atomic E-state index is 0.0925. The first kappa shape index (κ1) is 19.7. The van der Waals surface area contributed by atoms with Crippen molar-refractivity contribution in [2.45, 2.75) is 51.2 Å². The Hall–Kier alpha value is -3.29. The van der Waals surface area contributed by atoms with Gasteiger partial charge in [-0.3, -0.25) is 4.68 Å². The lowest BCUT2D eigenvalue weighted by molar-refractivity contribution is -0.100. The van der Waals surface area contributed by atoms with E-state index < -0.39 is 5.82 Å². The van der Waals surface area contributed by atoms with Crippen molar-refractivity contribution >= 4 is 11.7 Å². The number of rotatable bonds is 4. The number of aromatic nitrogens is 4. The maximum Gasteiger partial charge on any atom is 0.322 e. The van der Waals surface area contributed by atoms with Crippen molar-refractivity contribution in [1.29, 1.82) is 0 Å². The molecule has 3 aromatic rings. The van der Waals surface area contributed by atoms with Crippen LogP contribution in [0.5, 0.6) is 0 Å². The number of amides is 2. The smallest absolute Gasteiger partial charge is 0.314 e. The highest BCUT2D eigenvalue weighted by Crippen LogP contribution is 2.50. The predicted molar refractivity (Wildman–Crippen MR) is 115 cm³/mol. The molecule has 8 heteroatoms. The van der Waals surface area contributed by atoms with Crippen molar-refractivity contribution in [3.63, 3.8) is 0 Å². The van der Waals surface area contributed by atoms with Gasteiger partial charge in [0.05, 0.1) is 24.5 Å². The minimum Gasteiger partial charge on any atom is -0.314 e. The molecule has 0 aliphatic carbocycles. The van der Waals surface area contributed by atoms with E-state index >= 15 is 0 Å². The zero-order chi connectivity index (χ0) is 21.6. The number of anilines is 1. The van der Waals surface area contributed by atoms with Gasteiger partial charge in [-0.2, -0.15) is 5.10 Å². The summed E-state index contributed by atoms with van der Waals surface area (Å²) in [5.74, 6) is 0.534. The fraction of sp³-hybridized carbons (Fsp3) is 0.391. The number of piperidine rings is 1. The molecule has 2 bridgehead atoms. The Morgan fingerprint density at radius 2 is 2.10 bits per heavy atom. The fourth-order valence-corrected chi connectivity index (χ4v) is 5.33. The Kier molecular flexibility index (Phi) is 4.72. The van der Waals surface area contributed by atoms with Crippen LogP contribution >= 0.6 is 0 Å². The summed E-state index contributed by atoms with van der Waals surface area (Å²) in [4.78, 5) is 23.5. The Balaban J connectivity index is 1.38. The van der Waals surface area contributed by atoms with E-state index in [9.17, 15) is 9.18 Å². The van der Waals surface area contributed by atoms with Gasteiger partial charge in [-0.05, 0) is 55.9 Å². The van der Waals surface area contributed by atoms with E-state index in [1.54, 1.807) is 6.20 Å². The predicted octanol–water partition coefficient (Wildman–Crippen LogP) is 4.26. The van der Waals surface area contributed by atoms with Crippen LogP contribution in [0.2, 0.25) is 0 Å². The number of hydrogen-bond acceptors (Lipinski definition) is 4. The van der Waals surface area contributed by atoms with Gasteiger partial charge in [-0.25, -0.2) is 19.2 Å². The molecule has 2 aliphatic rings. The highest BCUT2D eigenvalue weighted by molar-refractivity contribution is 5.91. The van der Waals surface area contributed by atoms with Gasteiger partial charge in [0.15, 0.2) is 11.6 Å². The number of aryl methyl sites for hydroxylation is 1. The second kappa shape index (κ2) is 7.44. The molecule has 31 heavy (non-hydrogen) atoms. The summed E-state index contributed by atoms with van der Waals surface area (Å²) in [6.07, 6.45) is 9.02. The number of halogens is 1. The number of nitrogens with one attached hydrogen (secondary N) is 1. The van der Waals surface area contributed by atoms with Crippen molar-refractivity contribution in [2.75, 3.05) is 5.32 Å². The molecule has 0 spiro atoms. The monoisotopic (exact) mass is 420 g/mol. The van der Waals surface area contributed by atoms with E-state index in [1.165, 1.54) is 0 Å². The van der Waals surface area contributed by atoms with Crippen molar-refractivity contribution in [3.8, 4) is 11.4 Å². The Morgan fingerprint density at radius 1 is 1.29 bits per heavy atom. The first-order valence-corrected chi connectivity index (χ1v) is 10.6. The molecule has 0 saturated carbocycles. The van der Waals surface area contributed by atoms with Crippen LogP contribution in [-0.2, 0) is 6.54 Å². The molecule has 1 aromatic carbocycles. The van der Waals surface area contributed by atoms with Gasteiger partial charge < -0.3 is 10.2 Å². The van der Waals surface area contributed by atoms with E-state index in [2.05, 4.69) is 27.3 Å². The van der Waals surface area contributed by atoms with E-state index in [-0.39, 0.29) is 17.6 Å². The van der Waals surface area contributed by atoms with Crippen LogP contribution in [0, 0.1) is 18.7 Å². The molecule has 2 aromatic heterocycles. The number of carbonyl (C=O) groups is 1. The van der Waals surface area contributed by atoms with Crippen LogP contribution in [0.15, 0.2) is 49.1 Å². The number of hydrogen-bond donors (Lipinski definition) is 1. The molecule has 0 unspecified atom stereocenters. The van der Waals surface area contributed by atoms with Gasteiger partial charge in [-0.15, -0.1) is 0 Å². The number of nitrogens with zero attached hydrogens (tertiary/aromatic N) is 5. The number of benzene rings is 1. The molecule has 2 amide bonds. The highest BCUT2D eigenvalue weighted by Gasteiger charge is 2.58. The molecule has 4 heterocycles. The van der Waals surface area contributed by atoms with Gasteiger partial charge in [-0.1, -0.05) is 13.0 Å². The van der Waals surface area contributed by atoms with Crippen LogP contribution in [0.25, 0.3) is 11.4 Å². The summed E-state index contributed by atoms with van der Waals surface area (Å²) in [6.45, 7) is 4.90. The summed E-state index contributed by atoms with van der Waals surface area (Å²) in [5.41, 5.74) is 2.19. The molecule has 0 radical (unpaired) electrons. The van der Waals surface area contributed by atoms with Crippen LogP contribution in [0.1, 0.15) is 31.7 Å². The summed E-state index contributed by atoms with van der Waals surface area (Å²) in [6, 6.07) is 7.71. The van der Waals surface area contributed by atoms with Crippen molar-refractivity contribution in [2.24, 2.45) is 5.92 Å². The van der Waals surface area contributed by atoms with E-state index in [0.29, 0.717) is 24.0 Å². The summed E-state index contributed by atoms with van der Waals surface area (Å²) in [7, 11) is 0. The zero-order valence-electron chi connectivity index (χ0n) is 17.6.